The number of benzene rings is 1. The van der Waals surface area contributed by atoms with Crippen LogP contribution in [0.4, 0.5) is 0 Å². The third-order valence-electron chi connectivity index (χ3n) is 3.15. The summed E-state index contributed by atoms with van der Waals surface area (Å²) in [6.45, 7) is 0.250. The first-order valence-electron chi connectivity index (χ1n) is 7.09. The van der Waals surface area contributed by atoms with Gasteiger partial charge in [-0.15, -0.1) is 16.4 Å². The van der Waals surface area contributed by atoms with E-state index in [9.17, 15) is 9.59 Å². The Morgan fingerprint density at radius 2 is 1.54 bits per heavy atom. The van der Waals surface area contributed by atoms with Crippen molar-refractivity contribution in [3.8, 4) is 23.7 Å². The van der Waals surface area contributed by atoms with Crippen molar-refractivity contribution in [3.63, 3.8) is 0 Å². The highest BCUT2D eigenvalue weighted by molar-refractivity contribution is 7.13. The second kappa shape index (κ2) is 7.12. The highest BCUT2D eigenvalue weighted by atomic mass is 32.1. The Bertz CT molecular complexity index is 890. The minimum atomic E-state index is -0.465. The van der Waals surface area contributed by atoms with Crippen LogP contribution in [-0.4, -0.2) is 30.0 Å². The number of hydrogen-bond acceptors (Lipinski definition) is 5. The first-order chi connectivity index (χ1) is 11.7. The standard InChI is InChI=1S/C18H12N2O3S/c19-11-3-5-13-9-10-14(24-13)6-4-12-23-20-17(21)15-7-1-2-8-16(15)18(20)22/h1-2,7-10H,11-12,19H2. The fourth-order valence-electron chi connectivity index (χ4n) is 2.11. The van der Waals surface area contributed by atoms with E-state index in [0.717, 1.165) is 14.8 Å². The molecule has 0 unspecified atom stereocenters. The normalized spacial score (nSPS) is 12.3. The average Bonchev–Trinajstić information content (AvgIpc) is 3.15. The molecule has 1 aliphatic rings. The van der Waals surface area contributed by atoms with E-state index in [1.54, 1.807) is 24.3 Å². The zero-order valence-corrected chi connectivity index (χ0v) is 13.4. The Morgan fingerprint density at radius 1 is 0.958 bits per heavy atom. The molecule has 118 valence electrons. The zero-order chi connectivity index (χ0) is 16.9. The van der Waals surface area contributed by atoms with Crippen LogP contribution in [0.5, 0.6) is 0 Å². The molecule has 0 atom stereocenters. The van der Waals surface area contributed by atoms with Crippen molar-refractivity contribution in [1.29, 1.82) is 0 Å². The number of hydroxylamine groups is 2. The number of rotatable bonds is 2. The summed E-state index contributed by atoms with van der Waals surface area (Å²) >= 11 is 1.44. The number of thiophene rings is 1. The molecule has 2 N–H and O–H groups in total. The third-order valence-corrected chi connectivity index (χ3v) is 4.07. The van der Waals surface area contributed by atoms with Crippen molar-refractivity contribution >= 4 is 23.2 Å². The number of fused-ring (bicyclic) bond motifs is 1. The molecule has 0 spiro atoms. The van der Waals surface area contributed by atoms with Crippen molar-refractivity contribution < 1.29 is 14.4 Å². The van der Waals surface area contributed by atoms with E-state index < -0.39 is 11.8 Å². The van der Waals surface area contributed by atoms with E-state index in [0.29, 0.717) is 17.7 Å². The molecule has 24 heavy (non-hydrogen) atoms. The molecule has 1 aliphatic heterocycles. The van der Waals surface area contributed by atoms with E-state index >= 15 is 0 Å². The van der Waals surface area contributed by atoms with E-state index in [2.05, 4.69) is 23.7 Å². The molecule has 2 heterocycles. The van der Waals surface area contributed by atoms with Crippen LogP contribution in [0.25, 0.3) is 0 Å². The molecule has 6 heteroatoms. The molecule has 0 saturated heterocycles. The Labute approximate surface area is 143 Å². The molecule has 0 bridgehead atoms. The summed E-state index contributed by atoms with van der Waals surface area (Å²) in [7, 11) is 0. The predicted molar refractivity (Wildman–Crippen MR) is 90.0 cm³/mol. The topological polar surface area (TPSA) is 72.6 Å². The number of nitrogens with zero attached hydrogens (tertiary/aromatic N) is 1. The molecule has 0 aliphatic carbocycles. The van der Waals surface area contributed by atoms with Crippen LogP contribution in [0.2, 0.25) is 0 Å². The highest BCUT2D eigenvalue weighted by Crippen LogP contribution is 2.22. The fourth-order valence-corrected chi connectivity index (χ4v) is 2.87. The quantitative estimate of drug-likeness (QED) is 0.668. The molecule has 1 aromatic carbocycles. The van der Waals surface area contributed by atoms with Gasteiger partial charge in [-0.25, -0.2) is 4.84 Å². The number of carbonyl (C=O) groups excluding carboxylic acids is 2. The minimum absolute atomic E-state index is 0.0623. The summed E-state index contributed by atoms with van der Waals surface area (Å²) in [4.78, 5) is 31.1. The zero-order valence-electron chi connectivity index (χ0n) is 12.5. The van der Waals surface area contributed by atoms with Crippen LogP contribution in [0.1, 0.15) is 30.5 Å². The predicted octanol–water partition coefficient (Wildman–Crippen LogP) is 1.64. The number of nitrogens with two attached hydrogens (primary N) is 1. The summed E-state index contributed by atoms with van der Waals surface area (Å²) < 4.78 is 0. The molecule has 2 amide bonds. The molecule has 0 fully saturated rings. The molecule has 3 rings (SSSR count). The lowest BCUT2D eigenvalue weighted by Crippen LogP contribution is -2.30. The summed E-state index contributed by atoms with van der Waals surface area (Å²) in [6.07, 6.45) is 0. The molecule has 0 saturated carbocycles. The van der Waals surface area contributed by atoms with Gasteiger partial charge >= 0.3 is 0 Å². The Hall–Kier alpha value is -2.90. The van der Waals surface area contributed by atoms with E-state index in [1.165, 1.54) is 11.3 Å². The van der Waals surface area contributed by atoms with Crippen LogP contribution < -0.4 is 5.73 Å². The van der Waals surface area contributed by atoms with Crippen LogP contribution in [0.15, 0.2) is 36.4 Å². The van der Waals surface area contributed by atoms with Gasteiger partial charge in [-0.05, 0) is 24.3 Å². The summed E-state index contributed by atoms with van der Waals surface area (Å²) in [5.74, 6) is 10.5. The van der Waals surface area contributed by atoms with Crippen LogP contribution in [-0.2, 0) is 4.84 Å². The Kier molecular flexibility index (Phi) is 4.74. The Balaban J connectivity index is 1.61. The average molecular weight is 336 g/mol. The maximum absolute atomic E-state index is 12.1. The summed E-state index contributed by atoms with van der Waals surface area (Å²) in [6, 6.07) is 10.3. The number of imide groups is 1. The number of amides is 2. The highest BCUT2D eigenvalue weighted by Gasteiger charge is 2.36. The van der Waals surface area contributed by atoms with E-state index in [4.69, 9.17) is 10.6 Å². The monoisotopic (exact) mass is 336 g/mol. The molecule has 1 aromatic heterocycles. The minimum Gasteiger partial charge on any atom is -0.320 e. The lowest BCUT2D eigenvalue weighted by Gasteiger charge is -2.10. The van der Waals surface area contributed by atoms with Crippen molar-refractivity contribution in [3.05, 3.63) is 57.3 Å². The van der Waals surface area contributed by atoms with Gasteiger partial charge in [-0.1, -0.05) is 35.8 Å². The van der Waals surface area contributed by atoms with Gasteiger partial charge in [-0.2, -0.15) is 0 Å². The van der Waals surface area contributed by atoms with Crippen molar-refractivity contribution in [2.24, 2.45) is 5.73 Å². The van der Waals surface area contributed by atoms with Crippen LogP contribution >= 0.6 is 11.3 Å². The van der Waals surface area contributed by atoms with Gasteiger partial charge in [0.15, 0.2) is 0 Å². The van der Waals surface area contributed by atoms with Gasteiger partial charge in [0, 0.05) is 0 Å². The molecule has 5 nitrogen and oxygen atoms in total. The van der Waals surface area contributed by atoms with Gasteiger partial charge in [0.2, 0.25) is 0 Å². The number of carbonyl (C=O) groups is 2. The molecular weight excluding hydrogens is 324 g/mol. The largest absolute Gasteiger partial charge is 0.320 e. The van der Waals surface area contributed by atoms with Gasteiger partial charge in [0.05, 0.1) is 27.4 Å². The van der Waals surface area contributed by atoms with Crippen LogP contribution in [0, 0.1) is 23.7 Å². The van der Waals surface area contributed by atoms with Crippen molar-refractivity contribution in [1.82, 2.24) is 5.06 Å². The summed E-state index contributed by atoms with van der Waals surface area (Å²) in [5, 5.41) is 0.756. The Morgan fingerprint density at radius 3 is 2.12 bits per heavy atom. The lowest BCUT2D eigenvalue weighted by molar-refractivity contribution is -0.0782. The molecule has 2 aromatic rings. The van der Waals surface area contributed by atoms with Gasteiger partial charge in [0.1, 0.15) is 6.61 Å². The second-order valence-electron chi connectivity index (χ2n) is 4.70. The number of hydrogen-bond donors (Lipinski definition) is 1. The maximum atomic E-state index is 12.1. The van der Waals surface area contributed by atoms with E-state index in [-0.39, 0.29) is 6.61 Å². The van der Waals surface area contributed by atoms with Gasteiger partial charge in [0.25, 0.3) is 11.8 Å². The van der Waals surface area contributed by atoms with Gasteiger partial charge in [-0.3, -0.25) is 9.59 Å². The van der Waals surface area contributed by atoms with E-state index in [1.807, 2.05) is 12.1 Å². The van der Waals surface area contributed by atoms with Crippen LogP contribution in [0.3, 0.4) is 0 Å². The van der Waals surface area contributed by atoms with Gasteiger partial charge < -0.3 is 5.73 Å². The van der Waals surface area contributed by atoms with Crippen molar-refractivity contribution in [2.75, 3.05) is 13.2 Å². The smallest absolute Gasteiger partial charge is 0.285 e. The second-order valence-corrected chi connectivity index (χ2v) is 5.78. The maximum Gasteiger partial charge on any atom is 0.285 e. The lowest BCUT2D eigenvalue weighted by atomic mass is 10.1. The summed E-state index contributed by atoms with van der Waals surface area (Å²) in [5.41, 5.74) is 6.01. The SMILES string of the molecule is NCC#Cc1ccc(C#CCON2C(=O)c3ccccc3C2=O)s1. The first-order valence-corrected chi connectivity index (χ1v) is 7.90. The van der Waals surface area contributed by atoms with Crippen molar-refractivity contribution in [2.45, 2.75) is 0 Å². The first kappa shape index (κ1) is 16.0. The molecular formula is C18H12N2O3S. The molecule has 0 radical (unpaired) electrons. The third kappa shape index (κ3) is 3.22. The fraction of sp³-hybridized carbons (Fsp3) is 0.111.